The summed E-state index contributed by atoms with van der Waals surface area (Å²) < 4.78 is 1.98. The number of unbranched alkanes of at least 4 members (excludes halogenated alkanes) is 1. The van der Waals surface area contributed by atoms with Crippen molar-refractivity contribution in [2.75, 3.05) is 5.32 Å². The first kappa shape index (κ1) is 12.1. The lowest BCUT2D eigenvalue weighted by Crippen LogP contribution is -2.14. The summed E-state index contributed by atoms with van der Waals surface area (Å²) >= 11 is 0. The molecule has 0 aliphatic heterocycles. The smallest absolute Gasteiger partial charge is 0.0728 e. The van der Waals surface area contributed by atoms with Gasteiger partial charge in [-0.3, -0.25) is 4.68 Å². The van der Waals surface area contributed by atoms with E-state index in [0.717, 1.165) is 5.69 Å². The van der Waals surface area contributed by atoms with Crippen LogP contribution in [0.15, 0.2) is 12.4 Å². The lowest BCUT2D eigenvalue weighted by Gasteiger charge is -2.12. The predicted octanol–water partition coefficient (Wildman–Crippen LogP) is 3.45. The molecular formula is C12H23N3. The molecule has 0 aliphatic carbocycles. The maximum absolute atomic E-state index is 4.30. The third-order valence-electron chi connectivity index (χ3n) is 2.53. The van der Waals surface area contributed by atoms with Crippen LogP contribution < -0.4 is 5.32 Å². The zero-order chi connectivity index (χ0) is 11.3. The second-order valence-electron chi connectivity index (χ2n) is 4.49. The highest BCUT2D eigenvalue weighted by Crippen LogP contribution is 2.12. The molecule has 86 valence electrons. The summed E-state index contributed by atoms with van der Waals surface area (Å²) in [5, 5.41) is 7.77. The topological polar surface area (TPSA) is 29.9 Å². The van der Waals surface area contributed by atoms with Crippen molar-refractivity contribution in [1.29, 1.82) is 0 Å². The van der Waals surface area contributed by atoms with E-state index in [1.165, 1.54) is 19.3 Å². The number of anilines is 1. The van der Waals surface area contributed by atoms with Crippen LogP contribution in [0.3, 0.4) is 0 Å². The van der Waals surface area contributed by atoms with Gasteiger partial charge in [0.15, 0.2) is 0 Å². The van der Waals surface area contributed by atoms with Crippen molar-refractivity contribution < 1.29 is 0 Å². The molecular weight excluding hydrogens is 186 g/mol. The Morgan fingerprint density at radius 3 is 2.67 bits per heavy atom. The van der Waals surface area contributed by atoms with Gasteiger partial charge in [0.05, 0.1) is 11.9 Å². The van der Waals surface area contributed by atoms with Gasteiger partial charge in [0, 0.05) is 18.3 Å². The van der Waals surface area contributed by atoms with Crippen molar-refractivity contribution in [1.82, 2.24) is 9.78 Å². The Morgan fingerprint density at radius 1 is 1.40 bits per heavy atom. The van der Waals surface area contributed by atoms with E-state index in [1.54, 1.807) is 0 Å². The summed E-state index contributed by atoms with van der Waals surface area (Å²) in [5.74, 6) is 0. The third kappa shape index (κ3) is 3.94. The zero-order valence-corrected chi connectivity index (χ0v) is 10.3. The van der Waals surface area contributed by atoms with Gasteiger partial charge in [-0.2, -0.15) is 5.10 Å². The molecule has 0 aromatic carbocycles. The van der Waals surface area contributed by atoms with E-state index in [1.807, 2.05) is 10.9 Å². The van der Waals surface area contributed by atoms with E-state index in [4.69, 9.17) is 0 Å². The van der Waals surface area contributed by atoms with E-state index in [9.17, 15) is 0 Å². The average Bonchev–Trinajstić information content (AvgIpc) is 2.63. The molecule has 0 saturated carbocycles. The van der Waals surface area contributed by atoms with Gasteiger partial charge < -0.3 is 5.32 Å². The zero-order valence-electron chi connectivity index (χ0n) is 10.3. The lowest BCUT2D eigenvalue weighted by atomic mass is 10.1. The van der Waals surface area contributed by atoms with Crippen molar-refractivity contribution in [2.24, 2.45) is 0 Å². The van der Waals surface area contributed by atoms with Crippen molar-refractivity contribution in [3.05, 3.63) is 12.4 Å². The number of hydrogen-bond donors (Lipinski definition) is 1. The van der Waals surface area contributed by atoms with Gasteiger partial charge in [-0.15, -0.1) is 0 Å². The minimum absolute atomic E-state index is 0.437. The van der Waals surface area contributed by atoms with Crippen molar-refractivity contribution in [3.63, 3.8) is 0 Å². The minimum atomic E-state index is 0.437. The summed E-state index contributed by atoms with van der Waals surface area (Å²) in [7, 11) is 0. The molecule has 0 amide bonds. The first-order chi connectivity index (χ1) is 7.13. The molecule has 0 saturated heterocycles. The number of nitrogens with one attached hydrogen (secondary N) is 1. The fraction of sp³-hybridized carbons (Fsp3) is 0.750. The molecule has 3 nitrogen and oxygen atoms in total. The van der Waals surface area contributed by atoms with Gasteiger partial charge >= 0.3 is 0 Å². The maximum atomic E-state index is 4.30. The molecule has 0 spiro atoms. The number of nitrogens with zero attached hydrogens (tertiary/aromatic N) is 2. The van der Waals surface area contributed by atoms with Gasteiger partial charge in [0.25, 0.3) is 0 Å². The SMILES string of the molecule is CCCCC(C)Nc1cnn(C(C)C)c1. The highest BCUT2D eigenvalue weighted by atomic mass is 15.3. The lowest BCUT2D eigenvalue weighted by molar-refractivity contribution is 0.532. The minimum Gasteiger partial charge on any atom is -0.380 e. The molecule has 1 unspecified atom stereocenters. The molecule has 1 rings (SSSR count). The Labute approximate surface area is 92.9 Å². The highest BCUT2D eigenvalue weighted by Gasteiger charge is 2.04. The van der Waals surface area contributed by atoms with Gasteiger partial charge in [-0.1, -0.05) is 19.8 Å². The van der Waals surface area contributed by atoms with Gasteiger partial charge in [0.1, 0.15) is 0 Å². The Bertz CT molecular complexity index is 278. The summed E-state index contributed by atoms with van der Waals surface area (Å²) in [6.45, 7) is 8.72. The van der Waals surface area contributed by atoms with Crippen LogP contribution in [0.4, 0.5) is 5.69 Å². The standard InChI is InChI=1S/C12H23N3/c1-5-6-7-11(4)14-12-8-13-15(9-12)10(2)3/h8-11,14H,5-7H2,1-4H3. The number of rotatable bonds is 6. The van der Waals surface area contributed by atoms with E-state index in [0.29, 0.717) is 12.1 Å². The van der Waals surface area contributed by atoms with E-state index in [-0.39, 0.29) is 0 Å². The summed E-state index contributed by atoms with van der Waals surface area (Å²) in [5.41, 5.74) is 1.13. The molecule has 15 heavy (non-hydrogen) atoms. The first-order valence-electron chi connectivity index (χ1n) is 5.94. The summed E-state index contributed by atoms with van der Waals surface area (Å²) in [4.78, 5) is 0. The van der Waals surface area contributed by atoms with Gasteiger partial charge in [-0.05, 0) is 27.2 Å². The van der Waals surface area contributed by atoms with Gasteiger partial charge in [-0.25, -0.2) is 0 Å². The monoisotopic (exact) mass is 209 g/mol. The van der Waals surface area contributed by atoms with Crippen molar-refractivity contribution >= 4 is 5.69 Å². The predicted molar refractivity (Wildman–Crippen MR) is 65.2 cm³/mol. The van der Waals surface area contributed by atoms with E-state index >= 15 is 0 Å². The highest BCUT2D eigenvalue weighted by molar-refractivity contribution is 5.39. The maximum Gasteiger partial charge on any atom is 0.0728 e. The summed E-state index contributed by atoms with van der Waals surface area (Å²) in [6, 6.07) is 0.973. The fourth-order valence-electron chi connectivity index (χ4n) is 1.56. The van der Waals surface area contributed by atoms with Crippen LogP contribution in [0.25, 0.3) is 0 Å². The number of aromatic nitrogens is 2. The molecule has 0 radical (unpaired) electrons. The largest absolute Gasteiger partial charge is 0.380 e. The second kappa shape index (κ2) is 5.79. The van der Waals surface area contributed by atoms with Crippen LogP contribution in [0, 0.1) is 0 Å². The molecule has 1 atom stereocenters. The molecule has 3 heteroatoms. The molecule has 0 aliphatic rings. The fourth-order valence-corrected chi connectivity index (χ4v) is 1.56. The van der Waals surface area contributed by atoms with Gasteiger partial charge in [0.2, 0.25) is 0 Å². The molecule has 0 bridgehead atoms. The normalized spacial score (nSPS) is 13.1. The van der Waals surface area contributed by atoms with Crippen LogP contribution in [0.2, 0.25) is 0 Å². The van der Waals surface area contributed by atoms with E-state index in [2.05, 4.69) is 44.3 Å². The van der Waals surface area contributed by atoms with Crippen LogP contribution in [-0.4, -0.2) is 15.8 Å². The van der Waals surface area contributed by atoms with Crippen LogP contribution >= 0.6 is 0 Å². The van der Waals surface area contributed by atoms with Crippen LogP contribution in [0.1, 0.15) is 53.0 Å². The Hall–Kier alpha value is -0.990. The Kier molecular flexibility index (Phi) is 4.66. The number of hydrogen-bond acceptors (Lipinski definition) is 2. The Morgan fingerprint density at radius 2 is 2.13 bits per heavy atom. The van der Waals surface area contributed by atoms with Crippen molar-refractivity contribution in [2.45, 2.75) is 59.0 Å². The van der Waals surface area contributed by atoms with Crippen molar-refractivity contribution in [3.8, 4) is 0 Å². The molecule has 1 aromatic rings. The summed E-state index contributed by atoms with van der Waals surface area (Å²) in [6.07, 6.45) is 7.75. The third-order valence-corrected chi connectivity index (χ3v) is 2.53. The molecule has 1 heterocycles. The quantitative estimate of drug-likeness (QED) is 0.777. The Balaban J connectivity index is 2.42. The molecule has 1 aromatic heterocycles. The first-order valence-corrected chi connectivity index (χ1v) is 5.94. The van der Waals surface area contributed by atoms with Crippen LogP contribution in [0.5, 0.6) is 0 Å². The van der Waals surface area contributed by atoms with Crippen LogP contribution in [-0.2, 0) is 0 Å². The molecule has 1 N–H and O–H groups in total. The second-order valence-corrected chi connectivity index (χ2v) is 4.49. The van der Waals surface area contributed by atoms with E-state index < -0.39 is 0 Å². The average molecular weight is 209 g/mol. The molecule has 0 fully saturated rings.